The third kappa shape index (κ3) is 1.11. The molecule has 6 heteroatoms. The normalized spacial score (nSPS) is 11.3. The Morgan fingerprint density at radius 1 is 1.47 bits per heavy atom. The molecule has 3 aromatic heterocycles. The summed E-state index contributed by atoms with van der Waals surface area (Å²) in [6, 6.07) is 1.85. The molecule has 0 aliphatic heterocycles. The molecule has 3 heterocycles. The van der Waals surface area contributed by atoms with Crippen molar-refractivity contribution in [3.8, 4) is 11.6 Å². The van der Waals surface area contributed by atoms with E-state index >= 15 is 0 Å². The van der Waals surface area contributed by atoms with E-state index in [-0.39, 0.29) is 5.88 Å². The Morgan fingerprint density at radius 2 is 2.33 bits per heavy atom. The Bertz CT molecular complexity index is 619. The summed E-state index contributed by atoms with van der Waals surface area (Å²) in [7, 11) is 0. The summed E-state index contributed by atoms with van der Waals surface area (Å²) < 4.78 is 10.4. The highest BCUT2D eigenvalue weighted by atomic mass is 16.4. The van der Waals surface area contributed by atoms with Crippen LogP contribution < -0.4 is 5.73 Å². The van der Waals surface area contributed by atoms with Crippen molar-refractivity contribution in [3.63, 3.8) is 0 Å². The number of H-pyrrole nitrogens is 1. The van der Waals surface area contributed by atoms with Crippen molar-refractivity contribution in [2.75, 3.05) is 5.73 Å². The predicted octanol–water partition coefficient (Wildman–Crippen LogP) is 1.70. The molecular weight excluding hydrogens is 196 g/mol. The van der Waals surface area contributed by atoms with E-state index < -0.39 is 0 Å². The van der Waals surface area contributed by atoms with E-state index in [0.29, 0.717) is 22.7 Å². The van der Waals surface area contributed by atoms with E-state index in [9.17, 15) is 0 Å². The lowest BCUT2D eigenvalue weighted by molar-refractivity contribution is 0.565. The number of rotatable bonds is 1. The number of aryl methyl sites for hydroxylation is 1. The van der Waals surface area contributed by atoms with Gasteiger partial charge in [-0.2, -0.15) is 5.10 Å². The maximum absolute atomic E-state index is 5.54. The van der Waals surface area contributed by atoms with E-state index in [1.165, 1.54) is 6.26 Å². The van der Waals surface area contributed by atoms with Gasteiger partial charge in [0.15, 0.2) is 5.52 Å². The number of nitrogen functional groups attached to an aromatic ring is 1. The first-order chi connectivity index (χ1) is 7.24. The minimum absolute atomic E-state index is 0.232. The van der Waals surface area contributed by atoms with E-state index in [0.717, 1.165) is 5.69 Å². The third-order valence-electron chi connectivity index (χ3n) is 2.10. The number of hydrogen-bond acceptors (Lipinski definition) is 5. The minimum Gasteiger partial charge on any atom is -0.443 e. The van der Waals surface area contributed by atoms with Gasteiger partial charge in [0.05, 0.1) is 0 Å². The van der Waals surface area contributed by atoms with E-state index in [1.807, 2.05) is 13.0 Å². The zero-order chi connectivity index (χ0) is 10.4. The molecule has 0 saturated carbocycles. The number of hydrogen-bond donors (Lipinski definition) is 2. The summed E-state index contributed by atoms with van der Waals surface area (Å²) in [6.07, 6.45) is 1.46. The fourth-order valence-electron chi connectivity index (χ4n) is 1.40. The first kappa shape index (κ1) is 8.10. The van der Waals surface area contributed by atoms with Gasteiger partial charge < -0.3 is 14.6 Å². The third-order valence-corrected chi connectivity index (χ3v) is 2.10. The van der Waals surface area contributed by atoms with Gasteiger partial charge in [-0.15, -0.1) is 0 Å². The van der Waals surface area contributed by atoms with Crippen molar-refractivity contribution in [2.45, 2.75) is 6.92 Å². The molecule has 3 rings (SSSR count). The number of oxazole rings is 1. The van der Waals surface area contributed by atoms with E-state index in [1.54, 1.807) is 0 Å². The van der Waals surface area contributed by atoms with Gasteiger partial charge in [-0.3, -0.25) is 5.10 Å². The lowest BCUT2D eigenvalue weighted by atomic mass is 10.4. The molecule has 0 aliphatic carbocycles. The monoisotopic (exact) mass is 204 g/mol. The van der Waals surface area contributed by atoms with Crippen molar-refractivity contribution in [1.29, 1.82) is 0 Å². The van der Waals surface area contributed by atoms with Gasteiger partial charge in [-0.05, 0) is 13.0 Å². The number of aromatic nitrogens is 3. The molecule has 0 aromatic carbocycles. The Labute approximate surface area is 84.1 Å². The first-order valence-corrected chi connectivity index (χ1v) is 4.40. The molecule has 0 fully saturated rings. The highest BCUT2D eigenvalue weighted by Gasteiger charge is 2.14. The number of nitrogens with two attached hydrogens (primary N) is 1. The Balaban J connectivity index is 2.19. The second-order valence-corrected chi connectivity index (χ2v) is 3.27. The van der Waals surface area contributed by atoms with Crippen molar-refractivity contribution in [1.82, 2.24) is 15.2 Å². The molecule has 76 valence electrons. The fourth-order valence-corrected chi connectivity index (χ4v) is 1.40. The van der Waals surface area contributed by atoms with Gasteiger partial charge in [-0.1, -0.05) is 0 Å². The Morgan fingerprint density at radius 3 is 3.00 bits per heavy atom. The molecule has 0 spiro atoms. The first-order valence-electron chi connectivity index (χ1n) is 4.40. The molecule has 3 aromatic rings. The van der Waals surface area contributed by atoms with Gasteiger partial charge in [0.2, 0.25) is 17.4 Å². The summed E-state index contributed by atoms with van der Waals surface area (Å²) in [4.78, 5) is 4.19. The lowest BCUT2D eigenvalue weighted by Crippen LogP contribution is -1.78. The van der Waals surface area contributed by atoms with Crippen LogP contribution in [0.5, 0.6) is 0 Å². The van der Waals surface area contributed by atoms with Crippen LogP contribution in [0.25, 0.3) is 22.7 Å². The summed E-state index contributed by atoms with van der Waals surface area (Å²) in [5.74, 6) is 0.669. The number of anilines is 1. The van der Waals surface area contributed by atoms with Gasteiger partial charge in [0, 0.05) is 5.69 Å². The molecule has 6 nitrogen and oxygen atoms in total. The maximum Gasteiger partial charge on any atom is 0.248 e. The number of aromatic amines is 1. The van der Waals surface area contributed by atoms with Crippen LogP contribution in [0.1, 0.15) is 5.69 Å². The van der Waals surface area contributed by atoms with Gasteiger partial charge >= 0.3 is 0 Å². The molecule has 0 bridgehead atoms. The molecule has 0 saturated heterocycles. The molecular formula is C9H8N4O2. The Kier molecular flexibility index (Phi) is 1.42. The highest BCUT2D eigenvalue weighted by molar-refractivity contribution is 5.83. The summed E-state index contributed by atoms with van der Waals surface area (Å²) in [5.41, 5.74) is 8.21. The van der Waals surface area contributed by atoms with Crippen molar-refractivity contribution in [3.05, 3.63) is 18.0 Å². The van der Waals surface area contributed by atoms with Crippen molar-refractivity contribution < 1.29 is 8.83 Å². The smallest absolute Gasteiger partial charge is 0.248 e. The zero-order valence-electron chi connectivity index (χ0n) is 7.94. The van der Waals surface area contributed by atoms with Crippen LogP contribution in [0, 0.1) is 6.92 Å². The van der Waals surface area contributed by atoms with Crippen LogP contribution in [-0.2, 0) is 0 Å². The number of nitrogens with one attached hydrogen (secondary N) is 1. The second-order valence-electron chi connectivity index (χ2n) is 3.27. The van der Waals surface area contributed by atoms with Crippen LogP contribution in [0.4, 0.5) is 5.88 Å². The predicted molar refractivity (Wildman–Crippen MR) is 53.0 cm³/mol. The standard InChI is InChI=1S/C9H8N4O2/c1-4-2-5(13-12-4)9-11-6-3-14-8(10)7(6)15-9/h2-3H,10H2,1H3,(H,12,13). The van der Waals surface area contributed by atoms with Crippen LogP contribution in [0.2, 0.25) is 0 Å². The largest absolute Gasteiger partial charge is 0.443 e. The molecule has 0 radical (unpaired) electrons. The minimum atomic E-state index is 0.232. The average molecular weight is 204 g/mol. The van der Waals surface area contributed by atoms with Crippen LogP contribution >= 0.6 is 0 Å². The van der Waals surface area contributed by atoms with Crippen molar-refractivity contribution in [2.24, 2.45) is 0 Å². The van der Waals surface area contributed by atoms with Gasteiger partial charge in [0.1, 0.15) is 12.0 Å². The molecule has 0 aliphatic rings. The maximum atomic E-state index is 5.54. The quantitative estimate of drug-likeness (QED) is 0.629. The molecule has 0 unspecified atom stereocenters. The van der Waals surface area contributed by atoms with Crippen LogP contribution in [0.15, 0.2) is 21.2 Å². The number of nitrogens with zero attached hydrogens (tertiary/aromatic N) is 2. The summed E-state index contributed by atoms with van der Waals surface area (Å²) in [5, 5.41) is 6.85. The van der Waals surface area contributed by atoms with Gasteiger partial charge in [0.25, 0.3) is 0 Å². The number of fused-ring (bicyclic) bond motifs is 1. The molecule has 0 atom stereocenters. The second kappa shape index (κ2) is 2.63. The van der Waals surface area contributed by atoms with Crippen LogP contribution in [0.3, 0.4) is 0 Å². The van der Waals surface area contributed by atoms with Crippen molar-refractivity contribution >= 4 is 17.0 Å². The van der Waals surface area contributed by atoms with E-state index in [4.69, 9.17) is 14.6 Å². The average Bonchev–Trinajstić information content (AvgIpc) is 2.84. The Hall–Kier alpha value is -2.24. The van der Waals surface area contributed by atoms with Crippen LogP contribution in [-0.4, -0.2) is 15.2 Å². The van der Waals surface area contributed by atoms with Gasteiger partial charge in [-0.25, -0.2) is 4.98 Å². The topological polar surface area (TPSA) is 93.9 Å². The SMILES string of the molecule is Cc1cc(-c2nc3coc(N)c3o2)n[nH]1. The molecule has 3 N–H and O–H groups in total. The van der Waals surface area contributed by atoms with E-state index in [2.05, 4.69) is 15.2 Å². The molecule has 0 amide bonds. The zero-order valence-corrected chi connectivity index (χ0v) is 7.94. The summed E-state index contributed by atoms with van der Waals surface area (Å²) in [6.45, 7) is 1.91. The number of furan rings is 1. The molecule has 15 heavy (non-hydrogen) atoms. The fraction of sp³-hybridized carbons (Fsp3) is 0.111. The lowest BCUT2D eigenvalue weighted by Gasteiger charge is -1.85. The highest BCUT2D eigenvalue weighted by Crippen LogP contribution is 2.28. The summed E-state index contributed by atoms with van der Waals surface area (Å²) >= 11 is 0.